The zero-order chi connectivity index (χ0) is 29.1. The third kappa shape index (κ3) is 5.75. The molecule has 42 heavy (non-hydrogen) atoms. The third-order valence-corrected chi connectivity index (χ3v) is 7.10. The first-order chi connectivity index (χ1) is 20.5. The van der Waals surface area contributed by atoms with E-state index in [1.807, 2.05) is 66.7 Å². The lowest BCUT2D eigenvalue weighted by molar-refractivity contribution is 0.414. The quantitative estimate of drug-likeness (QED) is 0.168. The highest BCUT2D eigenvalue weighted by Gasteiger charge is 2.14. The molecule has 0 fully saturated rings. The van der Waals surface area contributed by atoms with E-state index in [0.717, 1.165) is 44.6 Å². The summed E-state index contributed by atoms with van der Waals surface area (Å²) < 4.78 is 16.1. The van der Waals surface area contributed by atoms with Gasteiger partial charge >= 0.3 is 0 Å². The predicted molar refractivity (Wildman–Crippen MR) is 164 cm³/mol. The Bertz CT molecular complexity index is 1840. The molecule has 1 atom stereocenters. The van der Waals surface area contributed by atoms with Crippen molar-refractivity contribution < 1.29 is 14.0 Å². The van der Waals surface area contributed by atoms with Gasteiger partial charge in [-0.05, 0) is 78.7 Å². The molecule has 0 radical (unpaired) electrons. The SMILES string of the molecule is COc1ccc(-c2noc(-c3ccc(NCC(C)CNc4c5ccc(Cl)cc5nc5ccc(OC)cc45)nn3)n2)cc1. The van der Waals surface area contributed by atoms with Gasteiger partial charge in [-0.2, -0.15) is 4.98 Å². The van der Waals surface area contributed by atoms with Gasteiger partial charge in [0.2, 0.25) is 5.82 Å². The second-order valence-electron chi connectivity index (χ2n) is 9.85. The van der Waals surface area contributed by atoms with E-state index in [0.29, 0.717) is 41.3 Å². The van der Waals surface area contributed by atoms with Crippen molar-refractivity contribution in [3.63, 3.8) is 0 Å². The van der Waals surface area contributed by atoms with Crippen LogP contribution in [0.15, 0.2) is 77.3 Å². The maximum atomic E-state index is 6.26. The van der Waals surface area contributed by atoms with Crippen molar-refractivity contribution in [3.8, 4) is 34.5 Å². The Balaban J connectivity index is 1.11. The Morgan fingerprint density at radius 3 is 2.33 bits per heavy atom. The third-order valence-electron chi connectivity index (χ3n) is 6.86. The first-order valence-corrected chi connectivity index (χ1v) is 13.8. The largest absolute Gasteiger partial charge is 0.497 e. The topological polar surface area (TPSA) is 120 Å². The molecule has 212 valence electrons. The van der Waals surface area contributed by atoms with Crippen molar-refractivity contribution in [1.82, 2.24) is 25.3 Å². The Hall–Kier alpha value is -4.96. The van der Waals surface area contributed by atoms with E-state index in [4.69, 9.17) is 30.6 Å². The molecule has 0 spiro atoms. The number of hydrogen-bond donors (Lipinski definition) is 2. The minimum Gasteiger partial charge on any atom is -0.497 e. The van der Waals surface area contributed by atoms with Crippen LogP contribution in [-0.4, -0.2) is 52.6 Å². The molecule has 3 heterocycles. The van der Waals surface area contributed by atoms with E-state index in [1.54, 1.807) is 20.3 Å². The number of anilines is 2. The molecular weight excluding hydrogens is 554 g/mol. The van der Waals surface area contributed by atoms with Crippen LogP contribution in [0, 0.1) is 5.92 Å². The summed E-state index contributed by atoms with van der Waals surface area (Å²) in [5.74, 6) is 3.20. The summed E-state index contributed by atoms with van der Waals surface area (Å²) in [6.07, 6.45) is 0. The molecule has 3 aromatic heterocycles. The minimum atomic E-state index is 0.255. The van der Waals surface area contributed by atoms with Gasteiger partial charge in [-0.15, -0.1) is 10.2 Å². The standard InChI is InChI=1S/C31H28ClN7O3/c1-18(17-34-29-23-10-6-20(32)14-27(23)35-25-11-9-22(41-3)15-24(25)29)16-33-28-13-12-26(37-38-28)31-36-30(39-42-31)19-4-7-21(40-2)8-5-19/h4-15,18H,16-17H2,1-3H3,(H,33,38)(H,34,35). The molecular formula is C31H28ClN7O3. The molecule has 0 saturated heterocycles. The number of aromatic nitrogens is 5. The van der Waals surface area contributed by atoms with Crippen molar-refractivity contribution in [2.75, 3.05) is 37.9 Å². The summed E-state index contributed by atoms with van der Waals surface area (Å²) >= 11 is 6.26. The fraction of sp³-hybridized carbons (Fsp3) is 0.194. The predicted octanol–water partition coefficient (Wildman–Crippen LogP) is 6.73. The Kier molecular flexibility index (Phi) is 7.70. The van der Waals surface area contributed by atoms with Crippen molar-refractivity contribution in [2.24, 2.45) is 5.92 Å². The van der Waals surface area contributed by atoms with Crippen molar-refractivity contribution >= 4 is 44.9 Å². The van der Waals surface area contributed by atoms with Gasteiger partial charge < -0.3 is 24.6 Å². The average Bonchev–Trinajstić information content (AvgIpc) is 3.52. The molecule has 0 aliphatic heterocycles. The molecule has 0 aliphatic rings. The van der Waals surface area contributed by atoms with Crippen LogP contribution >= 0.6 is 11.6 Å². The van der Waals surface area contributed by atoms with Crippen LogP contribution in [0.2, 0.25) is 5.02 Å². The number of halogens is 1. The second-order valence-corrected chi connectivity index (χ2v) is 10.3. The number of methoxy groups -OCH3 is 2. The van der Waals surface area contributed by atoms with Crippen LogP contribution in [0.1, 0.15) is 6.92 Å². The van der Waals surface area contributed by atoms with Crippen LogP contribution in [0.25, 0.3) is 44.8 Å². The summed E-state index contributed by atoms with van der Waals surface area (Å²) in [6.45, 7) is 3.55. The molecule has 2 N–H and O–H groups in total. The number of hydrogen-bond acceptors (Lipinski definition) is 10. The smallest absolute Gasteiger partial charge is 0.278 e. The summed E-state index contributed by atoms with van der Waals surface area (Å²) in [5.41, 5.74) is 4.01. The van der Waals surface area contributed by atoms with Gasteiger partial charge in [-0.25, -0.2) is 4.98 Å². The first-order valence-electron chi connectivity index (χ1n) is 13.4. The summed E-state index contributed by atoms with van der Waals surface area (Å²) in [4.78, 5) is 9.26. The molecule has 0 amide bonds. The monoisotopic (exact) mass is 581 g/mol. The minimum absolute atomic E-state index is 0.255. The number of benzene rings is 3. The zero-order valence-electron chi connectivity index (χ0n) is 23.3. The molecule has 6 aromatic rings. The van der Waals surface area contributed by atoms with Crippen LogP contribution in [0.4, 0.5) is 11.5 Å². The average molecular weight is 582 g/mol. The maximum Gasteiger partial charge on any atom is 0.278 e. The van der Waals surface area contributed by atoms with Crippen LogP contribution in [0.5, 0.6) is 11.5 Å². The molecule has 0 saturated carbocycles. The lowest BCUT2D eigenvalue weighted by Gasteiger charge is -2.18. The number of fused-ring (bicyclic) bond motifs is 2. The van der Waals surface area contributed by atoms with E-state index in [9.17, 15) is 0 Å². The molecule has 0 aliphatic carbocycles. The number of rotatable bonds is 10. The Labute approximate surface area is 247 Å². The van der Waals surface area contributed by atoms with Gasteiger partial charge in [-0.3, -0.25) is 0 Å². The summed E-state index contributed by atoms with van der Waals surface area (Å²) in [6, 6.07) is 22.7. The fourth-order valence-electron chi connectivity index (χ4n) is 4.57. The van der Waals surface area contributed by atoms with E-state index in [1.165, 1.54) is 0 Å². The van der Waals surface area contributed by atoms with Gasteiger partial charge in [0.15, 0.2) is 5.69 Å². The molecule has 10 nitrogen and oxygen atoms in total. The van der Waals surface area contributed by atoms with Gasteiger partial charge in [0.1, 0.15) is 17.3 Å². The zero-order valence-corrected chi connectivity index (χ0v) is 24.0. The van der Waals surface area contributed by atoms with Crippen LogP contribution in [0.3, 0.4) is 0 Å². The van der Waals surface area contributed by atoms with Crippen molar-refractivity contribution in [1.29, 1.82) is 0 Å². The van der Waals surface area contributed by atoms with Gasteiger partial charge in [0.05, 0.1) is 30.9 Å². The molecule has 3 aromatic carbocycles. The normalized spacial score (nSPS) is 11.9. The highest BCUT2D eigenvalue weighted by Crippen LogP contribution is 2.34. The highest BCUT2D eigenvalue weighted by atomic mass is 35.5. The lowest BCUT2D eigenvalue weighted by atomic mass is 10.1. The van der Waals surface area contributed by atoms with E-state index >= 15 is 0 Å². The number of pyridine rings is 1. The Morgan fingerprint density at radius 2 is 1.57 bits per heavy atom. The molecule has 1 unspecified atom stereocenters. The molecule has 11 heteroatoms. The highest BCUT2D eigenvalue weighted by molar-refractivity contribution is 6.31. The van der Waals surface area contributed by atoms with Gasteiger partial charge in [0.25, 0.3) is 5.89 Å². The Morgan fingerprint density at radius 1 is 0.786 bits per heavy atom. The molecule has 0 bridgehead atoms. The van der Waals surface area contributed by atoms with Crippen molar-refractivity contribution in [3.05, 3.63) is 77.8 Å². The van der Waals surface area contributed by atoms with E-state index < -0.39 is 0 Å². The number of nitrogens with one attached hydrogen (secondary N) is 2. The van der Waals surface area contributed by atoms with Gasteiger partial charge in [-0.1, -0.05) is 23.7 Å². The second kappa shape index (κ2) is 11.9. The van der Waals surface area contributed by atoms with Gasteiger partial charge in [0, 0.05) is 34.4 Å². The summed E-state index contributed by atoms with van der Waals surface area (Å²) in [7, 11) is 3.28. The van der Waals surface area contributed by atoms with Crippen molar-refractivity contribution in [2.45, 2.75) is 6.92 Å². The summed E-state index contributed by atoms with van der Waals surface area (Å²) in [5, 5.41) is 22.3. The first kappa shape index (κ1) is 27.2. The van der Waals surface area contributed by atoms with E-state index in [2.05, 4.69) is 37.9 Å². The lowest BCUT2D eigenvalue weighted by Crippen LogP contribution is -2.20. The maximum absolute atomic E-state index is 6.26. The van der Waals surface area contributed by atoms with E-state index in [-0.39, 0.29) is 5.92 Å². The fourth-order valence-corrected chi connectivity index (χ4v) is 4.73. The van der Waals surface area contributed by atoms with Crippen LogP contribution in [-0.2, 0) is 0 Å². The van der Waals surface area contributed by atoms with Crippen LogP contribution < -0.4 is 20.1 Å². The number of ether oxygens (including phenoxy) is 2. The molecule has 6 rings (SSSR count). The number of nitrogens with zero attached hydrogens (tertiary/aromatic N) is 5.